The van der Waals surface area contributed by atoms with E-state index in [1.54, 1.807) is 0 Å². The Morgan fingerprint density at radius 1 is 1.21 bits per heavy atom. The normalized spacial score (nSPS) is 17.5. The van der Waals surface area contributed by atoms with Crippen molar-refractivity contribution in [2.24, 2.45) is 5.92 Å². The van der Waals surface area contributed by atoms with Gasteiger partial charge in [-0.1, -0.05) is 41.9 Å². The van der Waals surface area contributed by atoms with E-state index in [2.05, 4.69) is 39.9 Å². The Labute approximate surface area is 176 Å². The molecule has 152 valence electrons. The second-order valence-electron chi connectivity index (χ2n) is 7.64. The molecule has 1 aliphatic heterocycles. The van der Waals surface area contributed by atoms with Crippen LogP contribution in [0.1, 0.15) is 31.2 Å². The zero-order valence-electron chi connectivity index (χ0n) is 16.8. The van der Waals surface area contributed by atoms with Crippen LogP contribution in [-0.4, -0.2) is 33.4 Å². The minimum absolute atomic E-state index is 0.00527. The summed E-state index contributed by atoms with van der Waals surface area (Å²) < 4.78 is 2.27. The first kappa shape index (κ1) is 19.9. The molecule has 0 radical (unpaired) electrons. The van der Waals surface area contributed by atoms with Crippen LogP contribution < -0.4 is 5.32 Å². The number of benzene rings is 2. The first-order valence-electron chi connectivity index (χ1n) is 10.3. The third kappa shape index (κ3) is 4.46. The van der Waals surface area contributed by atoms with E-state index in [9.17, 15) is 4.79 Å². The Bertz CT molecular complexity index is 999. The average molecular weight is 411 g/mol. The summed E-state index contributed by atoms with van der Waals surface area (Å²) in [4.78, 5) is 19.9. The Kier molecular flexibility index (Phi) is 6.16. The van der Waals surface area contributed by atoms with E-state index >= 15 is 0 Å². The first-order valence-corrected chi connectivity index (χ1v) is 10.7. The molecule has 0 aliphatic carbocycles. The number of halogens is 1. The number of amides is 1. The molecular weight excluding hydrogens is 384 g/mol. The van der Waals surface area contributed by atoms with Crippen LogP contribution in [0.3, 0.4) is 0 Å². The average Bonchev–Trinajstić information content (AvgIpc) is 3.10. The summed E-state index contributed by atoms with van der Waals surface area (Å²) in [5, 5.41) is 3.76. The molecule has 2 aromatic carbocycles. The van der Waals surface area contributed by atoms with Crippen LogP contribution in [0.4, 0.5) is 0 Å². The van der Waals surface area contributed by atoms with Crippen molar-refractivity contribution in [2.75, 3.05) is 13.1 Å². The van der Waals surface area contributed by atoms with Gasteiger partial charge < -0.3 is 9.88 Å². The van der Waals surface area contributed by atoms with Gasteiger partial charge in [-0.05, 0) is 50.1 Å². The molecule has 6 heteroatoms. The Morgan fingerprint density at radius 2 is 2.00 bits per heavy atom. The molecule has 3 aromatic rings. The van der Waals surface area contributed by atoms with Crippen LogP contribution in [0.2, 0.25) is 5.02 Å². The molecule has 29 heavy (non-hydrogen) atoms. The van der Waals surface area contributed by atoms with Crippen molar-refractivity contribution < 1.29 is 4.79 Å². The maximum absolute atomic E-state index is 12.7. The second kappa shape index (κ2) is 8.97. The molecule has 0 saturated carbocycles. The molecular formula is C23H27ClN4O. The Morgan fingerprint density at radius 3 is 2.83 bits per heavy atom. The molecule has 1 fully saturated rings. The minimum Gasteiger partial charge on any atom is -0.352 e. The van der Waals surface area contributed by atoms with Crippen molar-refractivity contribution >= 4 is 28.5 Å². The fourth-order valence-electron chi connectivity index (χ4n) is 4.18. The lowest BCUT2D eigenvalue weighted by atomic mass is 9.97. The number of nitrogens with zero attached hydrogens (tertiary/aromatic N) is 3. The highest BCUT2D eigenvalue weighted by atomic mass is 35.5. The summed E-state index contributed by atoms with van der Waals surface area (Å²) >= 11 is 6.20. The predicted molar refractivity (Wildman–Crippen MR) is 117 cm³/mol. The number of carbonyl (C=O) groups is 1. The molecule has 0 bridgehead atoms. The van der Waals surface area contributed by atoms with Gasteiger partial charge in [-0.25, -0.2) is 4.98 Å². The topological polar surface area (TPSA) is 50.2 Å². The summed E-state index contributed by atoms with van der Waals surface area (Å²) in [6.45, 7) is 6.06. The molecule has 1 amide bonds. The van der Waals surface area contributed by atoms with Gasteiger partial charge in [0.1, 0.15) is 5.82 Å². The van der Waals surface area contributed by atoms with Crippen molar-refractivity contribution in [2.45, 2.75) is 39.4 Å². The van der Waals surface area contributed by atoms with E-state index in [1.807, 2.05) is 30.3 Å². The number of carbonyl (C=O) groups excluding carboxylic acids is 1. The third-order valence-corrected chi connectivity index (χ3v) is 6.07. The summed E-state index contributed by atoms with van der Waals surface area (Å²) in [5.41, 5.74) is 3.17. The van der Waals surface area contributed by atoms with E-state index in [1.165, 1.54) is 5.52 Å². The molecule has 4 rings (SSSR count). The van der Waals surface area contributed by atoms with Gasteiger partial charge in [-0.3, -0.25) is 9.69 Å². The zero-order chi connectivity index (χ0) is 20.2. The van der Waals surface area contributed by atoms with Gasteiger partial charge in [0.25, 0.3) is 0 Å². The van der Waals surface area contributed by atoms with E-state index in [0.717, 1.165) is 55.9 Å². The monoisotopic (exact) mass is 410 g/mol. The van der Waals surface area contributed by atoms with E-state index < -0.39 is 0 Å². The largest absolute Gasteiger partial charge is 0.352 e. The lowest BCUT2D eigenvalue weighted by Gasteiger charge is -2.31. The number of fused-ring (bicyclic) bond motifs is 1. The van der Waals surface area contributed by atoms with E-state index in [0.29, 0.717) is 11.6 Å². The summed E-state index contributed by atoms with van der Waals surface area (Å²) in [6.07, 6.45) is 1.95. The lowest BCUT2D eigenvalue weighted by molar-refractivity contribution is -0.127. The lowest BCUT2D eigenvalue weighted by Crippen LogP contribution is -2.42. The van der Waals surface area contributed by atoms with Crippen molar-refractivity contribution in [3.05, 3.63) is 64.9 Å². The van der Waals surface area contributed by atoms with Crippen LogP contribution in [0, 0.1) is 5.92 Å². The highest BCUT2D eigenvalue weighted by Crippen LogP contribution is 2.22. The van der Waals surface area contributed by atoms with Crippen molar-refractivity contribution in [3.63, 3.8) is 0 Å². The fourth-order valence-corrected chi connectivity index (χ4v) is 4.38. The minimum atomic E-state index is 0.00527. The Balaban J connectivity index is 1.39. The van der Waals surface area contributed by atoms with Gasteiger partial charge in [0.15, 0.2) is 0 Å². The summed E-state index contributed by atoms with van der Waals surface area (Å²) in [5.74, 6) is 1.19. The van der Waals surface area contributed by atoms with Gasteiger partial charge in [0, 0.05) is 24.7 Å². The number of aryl methyl sites for hydroxylation is 1. The van der Waals surface area contributed by atoms with Crippen LogP contribution in [0.25, 0.3) is 11.0 Å². The van der Waals surface area contributed by atoms with E-state index in [-0.39, 0.29) is 11.8 Å². The van der Waals surface area contributed by atoms with Crippen molar-refractivity contribution in [1.82, 2.24) is 19.8 Å². The zero-order valence-corrected chi connectivity index (χ0v) is 17.5. The molecule has 2 heterocycles. The molecule has 1 atom stereocenters. The number of rotatable bonds is 6. The van der Waals surface area contributed by atoms with Crippen molar-refractivity contribution in [3.8, 4) is 0 Å². The SMILES string of the molecule is CCn1c(CN2CCC[C@@H](C(=O)NCc3ccccc3Cl)C2)nc2ccccc21. The maximum atomic E-state index is 12.7. The van der Waals surface area contributed by atoms with Gasteiger partial charge >= 0.3 is 0 Å². The standard InChI is InChI=1S/C23H27ClN4O/c1-2-28-21-12-6-5-11-20(21)26-22(28)16-27-13-7-9-18(15-27)23(29)25-14-17-8-3-4-10-19(17)24/h3-6,8,10-12,18H,2,7,9,13-16H2,1H3,(H,25,29)/t18-/m1/s1. The predicted octanol–water partition coefficient (Wildman–Crippen LogP) is 4.24. The quantitative estimate of drug-likeness (QED) is 0.661. The maximum Gasteiger partial charge on any atom is 0.224 e. The van der Waals surface area contributed by atoms with Crippen LogP contribution in [-0.2, 0) is 24.4 Å². The molecule has 1 aromatic heterocycles. The van der Waals surface area contributed by atoms with Crippen LogP contribution in [0.15, 0.2) is 48.5 Å². The number of likely N-dealkylation sites (tertiary alicyclic amines) is 1. The highest BCUT2D eigenvalue weighted by molar-refractivity contribution is 6.31. The number of piperidine rings is 1. The van der Waals surface area contributed by atoms with Gasteiger partial charge in [-0.2, -0.15) is 0 Å². The summed E-state index contributed by atoms with van der Waals surface area (Å²) in [6, 6.07) is 15.9. The van der Waals surface area contributed by atoms with Gasteiger partial charge in [-0.15, -0.1) is 0 Å². The number of hydrogen-bond acceptors (Lipinski definition) is 3. The third-order valence-electron chi connectivity index (χ3n) is 5.70. The van der Waals surface area contributed by atoms with Gasteiger partial charge in [0.05, 0.1) is 23.5 Å². The number of hydrogen-bond donors (Lipinski definition) is 1. The molecule has 1 N–H and O–H groups in total. The fraction of sp³-hybridized carbons (Fsp3) is 0.391. The van der Waals surface area contributed by atoms with E-state index in [4.69, 9.17) is 16.6 Å². The highest BCUT2D eigenvalue weighted by Gasteiger charge is 2.26. The van der Waals surface area contributed by atoms with Crippen LogP contribution in [0.5, 0.6) is 0 Å². The molecule has 5 nitrogen and oxygen atoms in total. The number of aromatic nitrogens is 2. The number of imidazole rings is 1. The number of nitrogens with one attached hydrogen (secondary N) is 1. The Hall–Kier alpha value is -2.37. The summed E-state index contributed by atoms with van der Waals surface area (Å²) in [7, 11) is 0. The molecule has 1 aliphatic rings. The van der Waals surface area contributed by atoms with Crippen molar-refractivity contribution in [1.29, 1.82) is 0 Å². The van der Waals surface area contributed by atoms with Crippen LogP contribution >= 0.6 is 11.6 Å². The second-order valence-corrected chi connectivity index (χ2v) is 8.05. The number of para-hydroxylation sites is 2. The smallest absolute Gasteiger partial charge is 0.224 e. The van der Waals surface area contributed by atoms with Gasteiger partial charge in [0.2, 0.25) is 5.91 Å². The molecule has 0 unspecified atom stereocenters. The molecule has 1 saturated heterocycles. The molecule has 0 spiro atoms. The first-order chi connectivity index (χ1) is 14.2.